The summed E-state index contributed by atoms with van der Waals surface area (Å²) in [6, 6.07) is 0.543. The first kappa shape index (κ1) is 7.49. The fourth-order valence-electron chi connectivity index (χ4n) is 1.63. The van der Waals surface area contributed by atoms with E-state index in [1.165, 1.54) is 0 Å². The smallest absolute Gasteiger partial charge is 0.0938 e. The second-order valence-corrected chi connectivity index (χ2v) is 3.40. The summed E-state index contributed by atoms with van der Waals surface area (Å²) in [7, 11) is 0. The van der Waals surface area contributed by atoms with Crippen LogP contribution in [-0.2, 0) is 0 Å². The van der Waals surface area contributed by atoms with E-state index in [9.17, 15) is 10.2 Å². The number of hydrogen-bond donors (Lipinski definition) is 3. The van der Waals surface area contributed by atoms with Gasteiger partial charge >= 0.3 is 0 Å². The molecule has 2 unspecified atom stereocenters. The number of hydrogen-bond acceptors (Lipinski definition) is 4. The molecular formula is C7H14N2O2. The summed E-state index contributed by atoms with van der Waals surface area (Å²) in [6.45, 7) is 3.26. The number of aliphatic hydroxyl groups is 2. The van der Waals surface area contributed by atoms with Crippen molar-refractivity contribution in [3.05, 3.63) is 0 Å². The summed E-state index contributed by atoms with van der Waals surface area (Å²) in [5.41, 5.74) is 0. The van der Waals surface area contributed by atoms with Crippen LogP contribution >= 0.6 is 0 Å². The second kappa shape index (κ2) is 2.71. The van der Waals surface area contributed by atoms with Gasteiger partial charge < -0.3 is 15.5 Å². The Balaban J connectivity index is 1.87. The molecule has 0 aliphatic carbocycles. The maximum absolute atomic E-state index is 9.22. The molecule has 2 rings (SSSR count). The molecule has 0 bridgehead atoms. The van der Waals surface area contributed by atoms with E-state index in [0.717, 1.165) is 13.1 Å². The van der Waals surface area contributed by atoms with Crippen molar-refractivity contribution in [1.82, 2.24) is 10.2 Å². The third-order valence-corrected chi connectivity index (χ3v) is 2.56. The van der Waals surface area contributed by atoms with Gasteiger partial charge in [0.05, 0.1) is 12.2 Å². The predicted molar refractivity (Wildman–Crippen MR) is 40.2 cm³/mol. The second-order valence-electron chi connectivity index (χ2n) is 3.40. The van der Waals surface area contributed by atoms with E-state index in [1.54, 1.807) is 0 Å². The van der Waals surface area contributed by atoms with Gasteiger partial charge in [-0.15, -0.1) is 0 Å². The van der Waals surface area contributed by atoms with Crippen molar-refractivity contribution < 1.29 is 10.2 Å². The van der Waals surface area contributed by atoms with E-state index in [4.69, 9.17) is 0 Å². The van der Waals surface area contributed by atoms with Gasteiger partial charge in [-0.05, 0) is 0 Å². The van der Waals surface area contributed by atoms with Gasteiger partial charge in [0.1, 0.15) is 0 Å². The minimum atomic E-state index is -0.532. The largest absolute Gasteiger partial charge is 0.389 e. The van der Waals surface area contributed by atoms with Gasteiger partial charge in [-0.3, -0.25) is 4.90 Å². The number of likely N-dealkylation sites (tertiary alicyclic amines) is 1. The molecule has 0 aromatic rings. The zero-order valence-electron chi connectivity index (χ0n) is 6.40. The Morgan fingerprint density at radius 1 is 1.09 bits per heavy atom. The van der Waals surface area contributed by atoms with E-state index in [1.807, 2.05) is 0 Å². The molecule has 0 aromatic carbocycles. The van der Waals surface area contributed by atoms with Crippen molar-refractivity contribution >= 4 is 0 Å². The Morgan fingerprint density at radius 2 is 1.64 bits per heavy atom. The summed E-state index contributed by atoms with van der Waals surface area (Å²) >= 11 is 0. The van der Waals surface area contributed by atoms with Gasteiger partial charge in [0.2, 0.25) is 0 Å². The van der Waals surface area contributed by atoms with Crippen molar-refractivity contribution in [2.45, 2.75) is 18.2 Å². The Bertz CT molecular complexity index is 139. The quantitative estimate of drug-likeness (QED) is 0.413. The van der Waals surface area contributed by atoms with Gasteiger partial charge in [0, 0.05) is 32.2 Å². The highest BCUT2D eigenvalue weighted by Crippen LogP contribution is 2.15. The van der Waals surface area contributed by atoms with Crippen molar-refractivity contribution in [2.24, 2.45) is 0 Å². The lowest BCUT2D eigenvalue weighted by Gasteiger charge is -2.35. The lowest BCUT2D eigenvalue weighted by atomic mass is 10.1. The maximum atomic E-state index is 9.22. The van der Waals surface area contributed by atoms with E-state index in [2.05, 4.69) is 10.2 Å². The van der Waals surface area contributed by atoms with Crippen molar-refractivity contribution in [3.8, 4) is 0 Å². The van der Waals surface area contributed by atoms with Gasteiger partial charge in [-0.1, -0.05) is 0 Å². The minimum absolute atomic E-state index is 0.532. The monoisotopic (exact) mass is 158 g/mol. The van der Waals surface area contributed by atoms with Crippen LogP contribution in [0.3, 0.4) is 0 Å². The average Bonchev–Trinajstić information content (AvgIpc) is 2.08. The topological polar surface area (TPSA) is 55.7 Å². The number of rotatable bonds is 1. The van der Waals surface area contributed by atoms with Gasteiger partial charge in [0.15, 0.2) is 0 Å². The van der Waals surface area contributed by atoms with Crippen LogP contribution in [0.25, 0.3) is 0 Å². The van der Waals surface area contributed by atoms with E-state index in [0.29, 0.717) is 19.1 Å². The number of β-amino-alcohol motifs (C(OH)–C–C–N with tert-alkyl or cyclic N) is 2. The highest BCUT2D eigenvalue weighted by molar-refractivity contribution is 4.92. The Kier molecular flexibility index (Phi) is 1.85. The summed E-state index contributed by atoms with van der Waals surface area (Å²) in [6.07, 6.45) is -1.06. The first-order valence-electron chi connectivity index (χ1n) is 4.08. The summed E-state index contributed by atoms with van der Waals surface area (Å²) < 4.78 is 0. The lowest BCUT2D eigenvalue weighted by Crippen LogP contribution is -2.56. The number of nitrogens with zero attached hydrogens (tertiary/aromatic N) is 1. The average molecular weight is 158 g/mol. The standard InChI is InChI=1S/C7H14N2O2/c10-6-3-9(4-7(6)11)5-1-8-2-5/h5-8,10-11H,1-4H2. The molecule has 64 valence electrons. The Morgan fingerprint density at radius 3 is 2.00 bits per heavy atom. The first-order valence-corrected chi connectivity index (χ1v) is 4.08. The molecule has 2 atom stereocenters. The molecule has 0 radical (unpaired) electrons. The molecular weight excluding hydrogens is 144 g/mol. The van der Waals surface area contributed by atoms with Crippen LogP contribution in [0, 0.1) is 0 Å². The molecule has 2 heterocycles. The molecule has 0 spiro atoms. The van der Waals surface area contributed by atoms with Gasteiger partial charge in [-0.25, -0.2) is 0 Å². The third-order valence-electron chi connectivity index (χ3n) is 2.56. The van der Waals surface area contributed by atoms with Crippen LogP contribution in [0.1, 0.15) is 0 Å². The van der Waals surface area contributed by atoms with Gasteiger partial charge in [-0.2, -0.15) is 0 Å². The lowest BCUT2D eigenvalue weighted by molar-refractivity contribution is 0.0572. The van der Waals surface area contributed by atoms with Crippen molar-refractivity contribution in [1.29, 1.82) is 0 Å². The maximum Gasteiger partial charge on any atom is 0.0938 e. The number of nitrogens with one attached hydrogen (secondary N) is 1. The van der Waals surface area contributed by atoms with Gasteiger partial charge in [0.25, 0.3) is 0 Å². The predicted octanol–water partition coefficient (Wildman–Crippen LogP) is -2.00. The molecule has 0 amide bonds. The molecule has 0 saturated carbocycles. The number of aliphatic hydroxyl groups excluding tert-OH is 2. The summed E-state index contributed by atoms with van der Waals surface area (Å²) in [5, 5.41) is 21.6. The van der Waals surface area contributed by atoms with Crippen LogP contribution in [0.15, 0.2) is 0 Å². The molecule has 2 aliphatic rings. The molecule has 4 heteroatoms. The van der Waals surface area contributed by atoms with Crippen LogP contribution in [0.5, 0.6) is 0 Å². The van der Waals surface area contributed by atoms with Crippen LogP contribution in [0.2, 0.25) is 0 Å². The fraction of sp³-hybridized carbons (Fsp3) is 1.00. The zero-order chi connectivity index (χ0) is 7.84. The molecule has 2 aliphatic heterocycles. The summed E-state index contributed by atoms with van der Waals surface area (Å²) in [5.74, 6) is 0. The normalized spacial score (nSPS) is 40.9. The molecule has 11 heavy (non-hydrogen) atoms. The van der Waals surface area contributed by atoms with E-state index < -0.39 is 12.2 Å². The van der Waals surface area contributed by atoms with Crippen molar-refractivity contribution in [2.75, 3.05) is 26.2 Å². The Hall–Kier alpha value is -0.160. The highest BCUT2D eigenvalue weighted by Gasteiger charge is 2.35. The van der Waals surface area contributed by atoms with E-state index in [-0.39, 0.29) is 0 Å². The first-order chi connectivity index (χ1) is 5.27. The zero-order valence-corrected chi connectivity index (χ0v) is 6.40. The molecule has 2 saturated heterocycles. The Labute approximate surface area is 65.8 Å². The minimum Gasteiger partial charge on any atom is -0.389 e. The third kappa shape index (κ3) is 1.27. The molecule has 4 nitrogen and oxygen atoms in total. The fourth-order valence-corrected chi connectivity index (χ4v) is 1.63. The highest BCUT2D eigenvalue weighted by atomic mass is 16.3. The van der Waals surface area contributed by atoms with Crippen LogP contribution in [0.4, 0.5) is 0 Å². The van der Waals surface area contributed by atoms with E-state index >= 15 is 0 Å². The summed E-state index contributed by atoms with van der Waals surface area (Å²) in [4.78, 5) is 2.14. The molecule has 3 N–H and O–H groups in total. The van der Waals surface area contributed by atoms with Crippen molar-refractivity contribution in [3.63, 3.8) is 0 Å². The van der Waals surface area contributed by atoms with Crippen LogP contribution in [-0.4, -0.2) is 59.5 Å². The molecule has 0 aromatic heterocycles. The van der Waals surface area contributed by atoms with Crippen LogP contribution < -0.4 is 5.32 Å². The SMILES string of the molecule is OC1CN(C2CNC2)CC1O. The molecule has 2 fully saturated rings.